The van der Waals surface area contributed by atoms with Crippen LogP contribution in [0.2, 0.25) is 0 Å². The summed E-state index contributed by atoms with van der Waals surface area (Å²) < 4.78 is 5.95. The lowest BCUT2D eigenvalue weighted by atomic mass is 10.1. The van der Waals surface area contributed by atoms with Crippen LogP contribution in [-0.4, -0.2) is 30.1 Å². The molecule has 1 heterocycles. The number of amides is 1. The van der Waals surface area contributed by atoms with Gasteiger partial charge >= 0.3 is 5.97 Å². The molecule has 126 valence electrons. The highest BCUT2D eigenvalue weighted by Crippen LogP contribution is 2.17. The van der Waals surface area contributed by atoms with Gasteiger partial charge in [0.05, 0.1) is 12.7 Å². The van der Waals surface area contributed by atoms with E-state index < -0.39 is 11.9 Å². The number of carbonyl (C=O) groups excluding carboxylic acids is 2. The van der Waals surface area contributed by atoms with Crippen LogP contribution in [0.25, 0.3) is 16.5 Å². The third kappa shape index (κ3) is 3.28. The highest BCUT2D eigenvalue weighted by atomic mass is 16.5. The van der Waals surface area contributed by atoms with Crippen LogP contribution in [0.15, 0.2) is 65.6 Å². The van der Waals surface area contributed by atoms with Gasteiger partial charge in [0.25, 0.3) is 11.5 Å². The summed E-state index contributed by atoms with van der Waals surface area (Å²) in [7, 11) is 1.25. The molecule has 3 rings (SSSR count). The number of ether oxygens (including phenoxy) is 1. The van der Waals surface area contributed by atoms with Crippen molar-refractivity contribution in [1.82, 2.24) is 9.88 Å². The smallest absolute Gasteiger partial charge is 0.325 e. The predicted octanol–water partition coefficient (Wildman–Crippen LogP) is 1.89. The van der Waals surface area contributed by atoms with Gasteiger partial charge in [-0.25, -0.2) is 0 Å². The van der Waals surface area contributed by atoms with E-state index in [9.17, 15) is 14.4 Å². The minimum atomic E-state index is -0.547. The number of hydrogen-bond donors (Lipinski definition) is 1. The summed E-state index contributed by atoms with van der Waals surface area (Å²) >= 11 is 0. The fourth-order valence-corrected chi connectivity index (χ4v) is 2.57. The van der Waals surface area contributed by atoms with Gasteiger partial charge in [-0.3, -0.25) is 19.0 Å². The number of methoxy groups -OCH3 is 1. The first kappa shape index (κ1) is 16.4. The Morgan fingerprint density at radius 2 is 1.64 bits per heavy atom. The molecule has 0 bridgehead atoms. The lowest BCUT2D eigenvalue weighted by molar-refractivity contribution is -0.139. The predicted molar refractivity (Wildman–Crippen MR) is 93.9 cm³/mol. The van der Waals surface area contributed by atoms with Crippen LogP contribution in [0.1, 0.15) is 10.4 Å². The number of rotatable bonds is 4. The molecule has 6 nitrogen and oxygen atoms in total. The molecule has 0 aliphatic rings. The number of esters is 1. The maximum absolute atomic E-state index is 12.8. The van der Waals surface area contributed by atoms with E-state index >= 15 is 0 Å². The molecule has 1 amide bonds. The fraction of sp³-hybridized carbons (Fsp3) is 0.105. The quantitative estimate of drug-likeness (QED) is 0.738. The van der Waals surface area contributed by atoms with Gasteiger partial charge < -0.3 is 10.1 Å². The van der Waals surface area contributed by atoms with Crippen molar-refractivity contribution in [1.29, 1.82) is 0 Å². The lowest BCUT2D eigenvalue weighted by Crippen LogP contribution is -2.31. The summed E-state index contributed by atoms with van der Waals surface area (Å²) in [4.78, 5) is 36.6. The molecule has 0 aliphatic carbocycles. The molecule has 0 aliphatic heterocycles. The Morgan fingerprint density at radius 3 is 2.32 bits per heavy atom. The molecule has 3 aromatic rings. The van der Waals surface area contributed by atoms with E-state index in [-0.39, 0.29) is 12.1 Å². The summed E-state index contributed by atoms with van der Waals surface area (Å²) in [6, 6.07) is 15.9. The third-order valence-corrected chi connectivity index (χ3v) is 3.82. The standard InChI is InChI=1S/C19H16N2O4/c1-25-17(22)11-20-18(23)16-12-21(13-7-3-2-4-8-13)19(24)15-10-6-5-9-14(15)16/h2-10,12H,11H2,1H3,(H,20,23). The van der Waals surface area contributed by atoms with Gasteiger partial charge in [-0.05, 0) is 18.2 Å². The van der Waals surface area contributed by atoms with Crippen LogP contribution in [0, 0.1) is 0 Å². The van der Waals surface area contributed by atoms with Gasteiger partial charge in [0.2, 0.25) is 0 Å². The highest BCUT2D eigenvalue weighted by Gasteiger charge is 2.16. The second kappa shape index (κ2) is 7.00. The number of aromatic nitrogens is 1. The van der Waals surface area contributed by atoms with E-state index in [1.54, 1.807) is 36.4 Å². The Balaban J connectivity index is 2.14. The molecule has 1 aromatic heterocycles. The molecular weight excluding hydrogens is 320 g/mol. The fourth-order valence-electron chi connectivity index (χ4n) is 2.57. The molecule has 6 heteroatoms. The Bertz CT molecular complexity index is 993. The Kier molecular flexibility index (Phi) is 4.61. The zero-order valence-electron chi connectivity index (χ0n) is 13.6. The maximum atomic E-state index is 12.8. The number of para-hydroxylation sites is 1. The van der Waals surface area contributed by atoms with E-state index in [1.807, 2.05) is 18.2 Å². The van der Waals surface area contributed by atoms with Crippen LogP contribution in [0.3, 0.4) is 0 Å². The van der Waals surface area contributed by atoms with E-state index in [2.05, 4.69) is 10.1 Å². The zero-order chi connectivity index (χ0) is 17.8. The van der Waals surface area contributed by atoms with Crippen molar-refractivity contribution < 1.29 is 14.3 Å². The van der Waals surface area contributed by atoms with E-state index in [0.29, 0.717) is 22.0 Å². The van der Waals surface area contributed by atoms with Crippen molar-refractivity contribution >= 4 is 22.6 Å². The topological polar surface area (TPSA) is 77.4 Å². The molecule has 0 unspecified atom stereocenters. The number of fused-ring (bicyclic) bond motifs is 1. The Hall–Kier alpha value is -3.41. The first-order chi connectivity index (χ1) is 12.1. The van der Waals surface area contributed by atoms with Crippen LogP contribution < -0.4 is 10.9 Å². The Morgan fingerprint density at radius 1 is 1.00 bits per heavy atom. The number of carbonyl (C=O) groups is 2. The summed E-state index contributed by atoms with van der Waals surface area (Å²) in [5, 5.41) is 3.47. The lowest BCUT2D eigenvalue weighted by Gasteiger charge is -2.12. The first-order valence-electron chi connectivity index (χ1n) is 7.66. The number of nitrogens with zero attached hydrogens (tertiary/aromatic N) is 1. The summed E-state index contributed by atoms with van der Waals surface area (Å²) in [5.41, 5.74) is 0.745. The summed E-state index contributed by atoms with van der Waals surface area (Å²) in [6.45, 7) is -0.242. The van der Waals surface area contributed by atoms with Crippen LogP contribution >= 0.6 is 0 Å². The molecular formula is C19H16N2O4. The summed E-state index contributed by atoms with van der Waals surface area (Å²) in [5.74, 6) is -1.000. The first-order valence-corrected chi connectivity index (χ1v) is 7.66. The summed E-state index contributed by atoms with van der Waals surface area (Å²) in [6.07, 6.45) is 1.49. The van der Waals surface area contributed by atoms with Crippen molar-refractivity contribution in [2.24, 2.45) is 0 Å². The zero-order valence-corrected chi connectivity index (χ0v) is 13.6. The van der Waals surface area contributed by atoms with Crippen LogP contribution in [-0.2, 0) is 9.53 Å². The number of benzene rings is 2. The minimum absolute atomic E-state index is 0.216. The molecule has 0 saturated heterocycles. The van der Waals surface area contributed by atoms with Crippen molar-refractivity contribution in [2.75, 3.05) is 13.7 Å². The second-order valence-corrected chi connectivity index (χ2v) is 5.36. The van der Waals surface area contributed by atoms with Crippen molar-refractivity contribution in [3.8, 4) is 5.69 Å². The molecule has 0 spiro atoms. The average molecular weight is 336 g/mol. The SMILES string of the molecule is COC(=O)CNC(=O)c1cn(-c2ccccc2)c(=O)c2ccccc12. The van der Waals surface area contributed by atoms with Gasteiger partial charge in [-0.2, -0.15) is 0 Å². The molecule has 2 aromatic carbocycles. The second-order valence-electron chi connectivity index (χ2n) is 5.36. The molecule has 0 fully saturated rings. The average Bonchev–Trinajstić information content (AvgIpc) is 2.67. The normalized spacial score (nSPS) is 10.4. The molecule has 0 atom stereocenters. The highest BCUT2D eigenvalue weighted by molar-refractivity contribution is 6.07. The molecule has 1 N–H and O–H groups in total. The van der Waals surface area contributed by atoms with E-state index in [0.717, 1.165) is 0 Å². The van der Waals surface area contributed by atoms with Gasteiger partial charge in [-0.1, -0.05) is 36.4 Å². The number of nitrogens with one attached hydrogen (secondary N) is 1. The Labute approximate surface area is 143 Å². The van der Waals surface area contributed by atoms with Gasteiger partial charge in [0.1, 0.15) is 6.54 Å². The van der Waals surface area contributed by atoms with Gasteiger partial charge in [0.15, 0.2) is 0 Å². The van der Waals surface area contributed by atoms with E-state index in [4.69, 9.17) is 0 Å². The van der Waals surface area contributed by atoms with Crippen LogP contribution in [0.4, 0.5) is 0 Å². The molecule has 0 radical (unpaired) electrons. The molecule has 25 heavy (non-hydrogen) atoms. The third-order valence-electron chi connectivity index (χ3n) is 3.82. The molecule has 0 saturated carbocycles. The number of hydrogen-bond acceptors (Lipinski definition) is 4. The van der Waals surface area contributed by atoms with Crippen molar-refractivity contribution in [2.45, 2.75) is 0 Å². The maximum Gasteiger partial charge on any atom is 0.325 e. The van der Waals surface area contributed by atoms with E-state index in [1.165, 1.54) is 17.9 Å². The minimum Gasteiger partial charge on any atom is -0.468 e. The van der Waals surface area contributed by atoms with Crippen LogP contribution in [0.5, 0.6) is 0 Å². The van der Waals surface area contributed by atoms with Gasteiger partial charge in [-0.15, -0.1) is 0 Å². The number of pyridine rings is 1. The monoisotopic (exact) mass is 336 g/mol. The van der Waals surface area contributed by atoms with Crippen molar-refractivity contribution in [3.05, 3.63) is 76.7 Å². The largest absolute Gasteiger partial charge is 0.468 e. The van der Waals surface area contributed by atoms with Crippen molar-refractivity contribution in [3.63, 3.8) is 0 Å². The van der Waals surface area contributed by atoms with Gasteiger partial charge in [0, 0.05) is 22.7 Å².